The molecular weight excluding hydrogens is 525 g/mol. The lowest BCUT2D eigenvalue weighted by Gasteiger charge is -2.21. The lowest BCUT2D eigenvalue weighted by atomic mass is 9.59. The summed E-state index contributed by atoms with van der Waals surface area (Å²) in [5, 5.41) is 2.54. The van der Waals surface area contributed by atoms with Crippen molar-refractivity contribution < 1.29 is 0 Å². The van der Waals surface area contributed by atoms with Crippen molar-refractivity contribution in [3.63, 3.8) is 0 Å². The third-order valence-electron chi connectivity index (χ3n) is 8.73. The first kappa shape index (κ1) is 26.5. The Morgan fingerprint density at radius 2 is 0.952 bits per heavy atom. The Balaban J connectivity index is 1.51. The van der Waals surface area contributed by atoms with Crippen molar-refractivity contribution in [3.05, 3.63) is 97.1 Å². The maximum atomic E-state index is 5.05. The highest BCUT2D eigenvalue weighted by molar-refractivity contribution is 7.26. The predicted molar refractivity (Wildman–Crippen MR) is 195 cm³/mol. The summed E-state index contributed by atoms with van der Waals surface area (Å²) < 4.78 is 2.46. The standard InChI is InChI=1S/C33H26B5N3S/c34-25-24(26(35)28(37)29(38)27(25)36)19-13-8-16-22-23(19)20-14-7-15-21(30(20)42-22)33-40-31(17-9-3-1-4-10-17)39-32(41-33)18-11-5-2-6-12-18/h1-16H,34-38H2. The molecular formula is C33H26B5N3S. The van der Waals surface area contributed by atoms with Crippen LogP contribution in [0.2, 0.25) is 0 Å². The number of hydrogen-bond acceptors (Lipinski definition) is 4. The molecule has 0 radical (unpaired) electrons. The average Bonchev–Trinajstić information content (AvgIpc) is 3.43. The summed E-state index contributed by atoms with van der Waals surface area (Å²) in [7, 11) is 11.3. The van der Waals surface area contributed by atoms with Crippen molar-refractivity contribution in [2.45, 2.75) is 0 Å². The van der Waals surface area contributed by atoms with Crippen LogP contribution < -0.4 is 27.3 Å². The number of rotatable bonds is 4. The summed E-state index contributed by atoms with van der Waals surface area (Å²) in [6.07, 6.45) is 0. The summed E-state index contributed by atoms with van der Waals surface area (Å²) >= 11 is 1.82. The smallest absolute Gasteiger partial charge is 0.165 e. The van der Waals surface area contributed by atoms with Gasteiger partial charge in [0.1, 0.15) is 39.2 Å². The highest BCUT2D eigenvalue weighted by Gasteiger charge is 2.20. The van der Waals surface area contributed by atoms with Crippen molar-refractivity contribution in [2.24, 2.45) is 0 Å². The molecule has 0 fully saturated rings. The van der Waals surface area contributed by atoms with Crippen LogP contribution in [0.25, 0.3) is 65.5 Å². The van der Waals surface area contributed by atoms with Crippen molar-refractivity contribution >= 4 is 98.1 Å². The Morgan fingerprint density at radius 1 is 0.452 bits per heavy atom. The third-order valence-corrected chi connectivity index (χ3v) is 9.94. The van der Waals surface area contributed by atoms with Crippen molar-refractivity contribution in [3.8, 4) is 45.3 Å². The molecule has 194 valence electrons. The van der Waals surface area contributed by atoms with Crippen molar-refractivity contribution in [2.75, 3.05) is 0 Å². The van der Waals surface area contributed by atoms with Crippen LogP contribution in [0.3, 0.4) is 0 Å². The quantitative estimate of drug-likeness (QED) is 0.294. The summed E-state index contributed by atoms with van der Waals surface area (Å²) in [6.45, 7) is 0. The Morgan fingerprint density at radius 3 is 1.55 bits per heavy atom. The van der Waals surface area contributed by atoms with Gasteiger partial charge in [0.05, 0.1) is 0 Å². The van der Waals surface area contributed by atoms with E-state index in [0.29, 0.717) is 17.5 Å². The molecule has 9 heteroatoms. The molecule has 0 N–H and O–H groups in total. The largest absolute Gasteiger partial charge is 0.208 e. The SMILES string of the molecule is Bc1c(B)c(B)c(-c2cccc3sc4c(-c5nc(-c6ccccc6)nc(-c6ccccc6)n5)cccc4c23)c(B)c1B. The van der Waals surface area contributed by atoms with E-state index < -0.39 is 0 Å². The highest BCUT2D eigenvalue weighted by atomic mass is 32.1. The Labute approximate surface area is 254 Å². The summed E-state index contributed by atoms with van der Waals surface area (Å²) in [5.74, 6) is 2.04. The maximum Gasteiger partial charge on any atom is 0.165 e. The zero-order valence-corrected chi connectivity index (χ0v) is 25.3. The van der Waals surface area contributed by atoms with Gasteiger partial charge in [-0.2, -0.15) is 0 Å². The normalized spacial score (nSPS) is 11.3. The Kier molecular flexibility index (Phi) is 6.63. The lowest BCUT2D eigenvalue weighted by molar-refractivity contribution is 1.08. The van der Waals surface area contributed by atoms with Gasteiger partial charge in [-0.15, -0.1) is 27.7 Å². The number of hydrogen-bond donors (Lipinski definition) is 0. The van der Waals surface area contributed by atoms with Gasteiger partial charge in [-0.1, -0.05) is 95.9 Å². The minimum Gasteiger partial charge on any atom is -0.208 e. The number of aromatic nitrogens is 3. The molecule has 0 atom stereocenters. The van der Waals surface area contributed by atoms with Gasteiger partial charge < -0.3 is 0 Å². The van der Waals surface area contributed by atoms with Gasteiger partial charge in [0, 0.05) is 36.9 Å². The lowest BCUT2D eigenvalue weighted by Crippen LogP contribution is -2.55. The zero-order valence-electron chi connectivity index (χ0n) is 24.5. The van der Waals surface area contributed by atoms with Crippen molar-refractivity contribution in [1.82, 2.24) is 15.0 Å². The monoisotopic (exact) mass is 551 g/mol. The van der Waals surface area contributed by atoms with Crippen LogP contribution in [0.5, 0.6) is 0 Å². The molecule has 0 aliphatic heterocycles. The molecule has 0 unspecified atom stereocenters. The summed E-state index contributed by atoms with van der Waals surface area (Å²) in [6, 6.07) is 33.6. The molecule has 0 spiro atoms. The van der Waals surface area contributed by atoms with Gasteiger partial charge >= 0.3 is 0 Å². The van der Waals surface area contributed by atoms with E-state index in [1.165, 1.54) is 58.6 Å². The van der Waals surface area contributed by atoms with Crippen LogP contribution in [0.1, 0.15) is 0 Å². The number of thiophene rings is 1. The van der Waals surface area contributed by atoms with E-state index in [1.54, 1.807) is 0 Å². The first-order valence-corrected chi connectivity index (χ1v) is 15.1. The first-order valence-electron chi connectivity index (χ1n) is 14.3. The second-order valence-electron chi connectivity index (χ2n) is 11.0. The molecule has 3 nitrogen and oxygen atoms in total. The minimum absolute atomic E-state index is 0.676. The van der Waals surface area contributed by atoms with E-state index in [0.717, 1.165) is 16.7 Å². The van der Waals surface area contributed by atoms with Crippen molar-refractivity contribution in [1.29, 1.82) is 0 Å². The molecule has 0 bridgehead atoms. The fourth-order valence-corrected chi connectivity index (χ4v) is 7.30. The predicted octanol–water partition coefficient (Wildman–Crippen LogP) is 0.200. The van der Waals surface area contributed by atoms with E-state index >= 15 is 0 Å². The molecule has 7 rings (SSSR count). The van der Waals surface area contributed by atoms with Gasteiger partial charge in [-0.25, -0.2) is 15.0 Å². The van der Waals surface area contributed by atoms with E-state index in [9.17, 15) is 0 Å². The van der Waals surface area contributed by atoms with Crippen LogP contribution in [0.15, 0.2) is 97.1 Å². The van der Waals surface area contributed by atoms with E-state index in [2.05, 4.69) is 99.9 Å². The van der Waals surface area contributed by atoms with Gasteiger partial charge in [0.2, 0.25) is 0 Å². The van der Waals surface area contributed by atoms with Gasteiger partial charge in [-0.3, -0.25) is 0 Å². The Hall–Kier alpha value is -4.35. The molecule has 0 saturated heterocycles. The number of nitrogens with zero attached hydrogens (tertiary/aromatic N) is 3. The maximum absolute atomic E-state index is 5.05. The topological polar surface area (TPSA) is 38.7 Å². The molecule has 42 heavy (non-hydrogen) atoms. The number of benzene rings is 5. The average molecular weight is 551 g/mol. The molecule has 2 heterocycles. The van der Waals surface area contributed by atoms with Gasteiger partial charge in [0.15, 0.2) is 17.5 Å². The molecule has 7 aromatic rings. The van der Waals surface area contributed by atoms with E-state index in [-0.39, 0.29) is 0 Å². The fraction of sp³-hybridized carbons (Fsp3) is 0. The van der Waals surface area contributed by atoms with Crippen LogP contribution in [-0.4, -0.2) is 54.2 Å². The zero-order chi connectivity index (χ0) is 29.0. The van der Waals surface area contributed by atoms with Crippen LogP contribution in [0, 0.1) is 0 Å². The Bertz CT molecular complexity index is 2060. The van der Waals surface area contributed by atoms with Crippen LogP contribution in [-0.2, 0) is 0 Å². The van der Waals surface area contributed by atoms with Crippen LogP contribution >= 0.6 is 11.3 Å². The molecule has 0 aliphatic rings. The number of fused-ring (bicyclic) bond motifs is 3. The molecule has 2 aromatic heterocycles. The second kappa shape index (κ2) is 10.5. The molecule has 5 aromatic carbocycles. The summed E-state index contributed by atoms with van der Waals surface area (Å²) in [5.41, 5.74) is 12.5. The van der Waals surface area contributed by atoms with Crippen LogP contribution in [0.4, 0.5) is 0 Å². The minimum atomic E-state index is 0.676. The molecule has 0 saturated carbocycles. The fourth-order valence-electron chi connectivity index (χ4n) is 6.07. The summed E-state index contributed by atoms with van der Waals surface area (Å²) in [4.78, 5) is 15.0. The van der Waals surface area contributed by atoms with Gasteiger partial charge in [-0.05, 0) is 23.3 Å². The molecule has 0 amide bonds. The van der Waals surface area contributed by atoms with E-state index in [1.807, 2.05) is 47.7 Å². The van der Waals surface area contributed by atoms with Gasteiger partial charge in [0.25, 0.3) is 0 Å². The second-order valence-corrected chi connectivity index (χ2v) is 12.1. The highest BCUT2D eigenvalue weighted by Crippen LogP contribution is 2.43. The first-order chi connectivity index (χ1) is 20.4. The van der Waals surface area contributed by atoms with E-state index in [4.69, 9.17) is 15.0 Å². The molecule has 0 aliphatic carbocycles. The third kappa shape index (κ3) is 4.31.